The van der Waals surface area contributed by atoms with Crippen molar-refractivity contribution in [1.82, 2.24) is 5.32 Å². The van der Waals surface area contributed by atoms with E-state index in [0.29, 0.717) is 12.8 Å². The van der Waals surface area contributed by atoms with Crippen LogP contribution in [0.3, 0.4) is 0 Å². The van der Waals surface area contributed by atoms with Gasteiger partial charge in [0.25, 0.3) is 0 Å². The minimum atomic E-state index is -4.10. The number of unbranched alkanes of at least 4 members (excludes halogenated alkanes) is 14. The highest BCUT2D eigenvalue weighted by atomic mass is 32.2. The number of hydrogen-bond acceptors (Lipinski definition) is 3. The van der Waals surface area contributed by atoms with Crippen LogP contribution in [0.5, 0.6) is 0 Å². The van der Waals surface area contributed by atoms with Crippen LogP contribution in [-0.2, 0) is 14.9 Å². The Hall–Kier alpha value is -0.660. The number of amides is 1. The summed E-state index contributed by atoms with van der Waals surface area (Å²) in [5.41, 5.74) is 0. The zero-order valence-corrected chi connectivity index (χ0v) is 21.6. The molecule has 0 aliphatic heterocycles. The lowest BCUT2D eigenvalue weighted by Gasteiger charge is -2.36. The van der Waals surface area contributed by atoms with E-state index < -0.39 is 16.0 Å². The highest BCUT2D eigenvalue weighted by Gasteiger charge is 2.32. The summed E-state index contributed by atoms with van der Waals surface area (Å²) in [6.45, 7) is 4.17. The molecule has 1 amide bonds. The predicted octanol–water partition coefficient (Wildman–Crippen LogP) is 6.02. The summed E-state index contributed by atoms with van der Waals surface area (Å²) in [6, 6.07) is 0. The van der Waals surface area contributed by atoms with Gasteiger partial charge in [0.05, 0.1) is 14.1 Å². The lowest BCUT2D eigenvalue weighted by Crippen LogP contribution is -2.59. The summed E-state index contributed by atoms with van der Waals surface area (Å²) >= 11 is 0. The van der Waals surface area contributed by atoms with Gasteiger partial charge in [-0.1, -0.05) is 104 Å². The largest absolute Gasteiger partial charge is 0.316 e. The second-order valence-electron chi connectivity index (χ2n) is 9.68. The second-order valence-corrected chi connectivity index (χ2v) is 11.1. The molecule has 0 aromatic rings. The van der Waals surface area contributed by atoms with E-state index in [2.05, 4.69) is 12.2 Å². The monoisotopic (exact) mass is 463 g/mol. The smallest absolute Gasteiger partial charge is 0.307 e. The minimum absolute atomic E-state index is 0.0138. The van der Waals surface area contributed by atoms with Crippen molar-refractivity contribution in [3.63, 3.8) is 0 Å². The molecule has 0 aromatic carbocycles. The number of nitrogens with one attached hydrogen (secondary N) is 1. The van der Waals surface area contributed by atoms with E-state index in [1.165, 1.54) is 83.5 Å². The number of quaternary nitrogens is 1. The van der Waals surface area contributed by atoms with Gasteiger partial charge in [0.2, 0.25) is 11.8 Å². The van der Waals surface area contributed by atoms with Gasteiger partial charge in [-0.3, -0.25) is 13.8 Å². The number of rotatable bonds is 21. The Morgan fingerprint density at radius 1 is 0.774 bits per heavy atom. The first-order valence-corrected chi connectivity index (χ1v) is 14.3. The SMILES string of the molecule is CCCCCCCCCCCCCCCCCC(=O)NC(CC)[N+](C)(C)CS(=O)(=O)O. The molecular formula is C24H51N2O4S+. The summed E-state index contributed by atoms with van der Waals surface area (Å²) < 4.78 is 31.6. The molecule has 0 saturated heterocycles. The fourth-order valence-corrected chi connectivity index (χ4v) is 5.22. The second kappa shape index (κ2) is 17.8. The molecule has 1 unspecified atom stereocenters. The van der Waals surface area contributed by atoms with E-state index in [1.807, 2.05) is 6.92 Å². The molecule has 0 aliphatic carbocycles. The third kappa shape index (κ3) is 18.6. The number of hydrogen-bond donors (Lipinski definition) is 2. The summed E-state index contributed by atoms with van der Waals surface area (Å²) in [6.07, 6.45) is 20.2. The lowest BCUT2D eigenvalue weighted by molar-refractivity contribution is -0.906. The highest BCUT2D eigenvalue weighted by Crippen LogP contribution is 2.14. The van der Waals surface area contributed by atoms with Crippen molar-refractivity contribution in [2.75, 3.05) is 20.0 Å². The summed E-state index contributed by atoms with van der Waals surface area (Å²) in [4.78, 5) is 12.2. The fourth-order valence-electron chi connectivity index (χ4n) is 4.20. The van der Waals surface area contributed by atoms with Gasteiger partial charge in [0.15, 0.2) is 6.17 Å². The highest BCUT2D eigenvalue weighted by molar-refractivity contribution is 7.85. The molecule has 186 valence electrons. The molecule has 0 rings (SSSR count). The molecule has 1 atom stereocenters. The molecule has 0 radical (unpaired) electrons. The molecule has 0 saturated carbocycles. The van der Waals surface area contributed by atoms with Gasteiger partial charge < -0.3 is 5.32 Å². The van der Waals surface area contributed by atoms with Gasteiger partial charge in [-0.05, 0) is 6.42 Å². The third-order valence-electron chi connectivity index (χ3n) is 6.06. The van der Waals surface area contributed by atoms with Crippen LogP contribution in [0.1, 0.15) is 123 Å². The summed E-state index contributed by atoms with van der Waals surface area (Å²) in [7, 11) is -0.687. The first kappa shape index (κ1) is 30.3. The fraction of sp³-hybridized carbons (Fsp3) is 0.958. The van der Waals surface area contributed by atoms with Crippen LogP contribution < -0.4 is 5.32 Å². The molecule has 0 spiro atoms. The van der Waals surface area contributed by atoms with Gasteiger partial charge in [-0.2, -0.15) is 8.42 Å². The molecule has 0 bridgehead atoms. The van der Waals surface area contributed by atoms with Crippen molar-refractivity contribution in [2.45, 2.75) is 129 Å². The molecular weight excluding hydrogens is 412 g/mol. The number of carbonyl (C=O) groups excluding carboxylic acids is 1. The van der Waals surface area contributed by atoms with Crippen molar-refractivity contribution in [2.24, 2.45) is 0 Å². The molecule has 7 heteroatoms. The van der Waals surface area contributed by atoms with Crippen molar-refractivity contribution in [1.29, 1.82) is 0 Å². The molecule has 2 N–H and O–H groups in total. The zero-order valence-electron chi connectivity index (χ0n) is 20.8. The normalized spacial score (nSPS) is 13.3. The van der Waals surface area contributed by atoms with Crippen LogP contribution in [-0.4, -0.2) is 49.5 Å². The van der Waals surface area contributed by atoms with E-state index in [9.17, 15) is 13.2 Å². The number of carbonyl (C=O) groups is 1. The first-order valence-electron chi connectivity index (χ1n) is 12.7. The van der Waals surface area contributed by atoms with Crippen molar-refractivity contribution in [3.8, 4) is 0 Å². The Morgan fingerprint density at radius 2 is 1.16 bits per heavy atom. The quantitative estimate of drug-likeness (QED) is 0.0943. The maximum absolute atomic E-state index is 12.2. The Bertz CT molecular complexity index is 550. The van der Waals surface area contributed by atoms with Crippen LogP contribution in [0, 0.1) is 0 Å². The van der Waals surface area contributed by atoms with Gasteiger partial charge in [0, 0.05) is 12.8 Å². The molecule has 0 aromatic heterocycles. The molecule has 31 heavy (non-hydrogen) atoms. The first-order chi connectivity index (χ1) is 14.6. The molecule has 6 nitrogen and oxygen atoms in total. The topological polar surface area (TPSA) is 83.5 Å². The van der Waals surface area contributed by atoms with Gasteiger partial charge in [-0.25, -0.2) is 0 Å². The maximum Gasteiger partial charge on any atom is 0.316 e. The van der Waals surface area contributed by atoms with E-state index in [-0.39, 0.29) is 16.6 Å². The van der Waals surface area contributed by atoms with Crippen LogP contribution in [0.2, 0.25) is 0 Å². The van der Waals surface area contributed by atoms with E-state index in [0.717, 1.165) is 12.8 Å². The molecule has 0 aliphatic rings. The average molecular weight is 464 g/mol. The van der Waals surface area contributed by atoms with Gasteiger partial charge in [-0.15, -0.1) is 0 Å². The van der Waals surface area contributed by atoms with Crippen LogP contribution in [0.25, 0.3) is 0 Å². The third-order valence-corrected chi connectivity index (χ3v) is 7.05. The van der Waals surface area contributed by atoms with Crippen molar-refractivity contribution < 1.29 is 22.2 Å². The minimum Gasteiger partial charge on any atom is -0.307 e. The van der Waals surface area contributed by atoms with Crippen LogP contribution >= 0.6 is 0 Å². The van der Waals surface area contributed by atoms with Crippen LogP contribution in [0.15, 0.2) is 0 Å². The van der Waals surface area contributed by atoms with E-state index in [1.54, 1.807) is 14.1 Å². The lowest BCUT2D eigenvalue weighted by atomic mass is 10.0. The molecule has 0 heterocycles. The average Bonchev–Trinajstić information content (AvgIpc) is 2.67. The zero-order chi connectivity index (χ0) is 23.6. The Balaban J connectivity index is 3.67. The van der Waals surface area contributed by atoms with Gasteiger partial charge >= 0.3 is 10.1 Å². The Labute approximate surface area is 192 Å². The van der Waals surface area contributed by atoms with E-state index >= 15 is 0 Å². The standard InChI is InChI=1S/C24H50N2O4S/c1-5-7-8-9-10-11-12-13-14-15-16-17-18-19-20-21-24(27)25-23(6-2)26(3,4)22-31(28,29)30/h23H,5-22H2,1-4H3,(H-,25,27,28,29,30)/p+1. The summed E-state index contributed by atoms with van der Waals surface area (Å²) in [5, 5.41) is 2.94. The Kier molecular flexibility index (Phi) is 17.5. The van der Waals surface area contributed by atoms with Gasteiger partial charge in [0.1, 0.15) is 0 Å². The van der Waals surface area contributed by atoms with Crippen molar-refractivity contribution >= 4 is 16.0 Å². The number of nitrogens with zero attached hydrogens (tertiary/aromatic N) is 1. The predicted molar refractivity (Wildman–Crippen MR) is 130 cm³/mol. The maximum atomic E-state index is 12.2. The molecule has 0 fully saturated rings. The Morgan fingerprint density at radius 3 is 1.52 bits per heavy atom. The summed E-state index contributed by atoms with van der Waals surface area (Å²) in [5.74, 6) is -0.451. The van der Waals surface area contributed by atoms with Crippen LogP contribution in [0.4, 0.5) is 0 Å². The van der Waals surface area contributed by atoms with Crippen molar-refractivity contribution in [3.05, 3.63) is 0 Å². The van der Waals surface area contributed by atoms with E-state index in [4.69, 9.17) is 4.55 Å².